The van der Waals surface area contributed by atoms with Crippen LogP contribution in [0.1, 0.15) is 18.5 Å². The van der Waals surface area contributed by atoms with E-state index in [0.29, 0.717) is 22.3 Å². The van der Waals surface area contributed by atoms with Crippen molar-refractivity contribution in [1.82, 2.24) is 0 Å². The van der Waals surface area contributed by atoms with Gasteiger partial charge in [-0.25, -0.2) is 0 Å². The zero-order valence-electron chi connectivity index (χ0n) is 12.4. The van der Waals surface area contributed by atoms with Crippen LogP contribution in [0.5, 0.6) is 5.75 Å². The van der Waals surface area contributed by atoms with Gasteiger partial charge in [0.05, 0.1) is 5.02 Å². The lowest BCUT2D eigenvalue weighted by atomic mass is 10.1. The molecule has 0 radical (unpaired) electrons. The van der Waals surface area contributed by atoms with E-state index in [0.717, 1.165) is 0 Å². The Kier molecular flexibility index (Phi) is 6.52. The van der Waals surface area contributed by atoms with E-state index in [1.807, 2.05) is 18.2 Å². The van der Waals surface area contributed by atoms with E-state index in [2.05, 4.69) is 24.4 Å². The average Bonchev–Trinajstić information content (AvgIpc) is 2.52. The summed E-state index contributed by atoms with van der Waals surface area (Å²) in [4.78, 5) is 0. The molecule has 0 fully saturated rings. The second-order valence-electron chi connectivity index (χ2n) is 5.21. The fraction of sp³-hybridized carbons (Fsp3) is 0.294. The summed E-state index contributed by atoms with van der Waals surface area (Å²) in [5, 5.41) is 13.1. The number of rotatable bonds is 7. The summed E-state index contributed by atoms with van der Waals surface area (Å²) in [5.74, 6) is 0.529. The highest BCUT2D eigenvalue weighted by molar-refractivity contribution is 6.35. The summed E-state index contributed by atoms with van der Waals surface area (Å²) >= 11 is 11.8. The van der Waals surface area contributed by atoms with Crippen LogP contribution in [-0.2, 0) is 0 Å². The van der Waals surface area contributed by atoms with Crippen LogP contribution < -0.4 is 10.1 Å². The quantitative estimate of drug-likeness (QED) is 0.813. The van der Waals surface area contributed by atoms with Crippen molar-refractivity contribution in [3.05, 3.63) is 64.1 Å². The van der Waals surface area contributed by atoms with Gasteiger partial charge in [-0.2, -0.15) is 0 Å². The number of hydrogen-bond acceptors (Lipinski definition) is 2. The number of ether oxygens (including phenoxy) is 1. The van der Waals surface area contributed by atoms with Gasteiger partial charge in [0.25, 0.3) is 0 Å². The van der Waals surface area contributed by atoms with Gasteiger partial charge >= 0.3 is 0 Å². The van der Waals surface area contributed by atoms with Crippen LogP contribution in [0.15, 0.2) is 48.5 Å². The monoisotopic (exact) mass is 340 g/mol. The summed E-state index contributed by atoms with van der Waals surface area (Å²) in [5.41, 5.74) is 1.23. The smallest absolute Gasteiger partial charge is 0.138 e. The van der Waals surface area contributed by atoms with E-state index in [4.69, 9.17) is 27.9 Å². The lowest BCUT2D eigenvalue weighted by Crippen LogP contribution is -2.87. The molecule has 2 aromatic rings. The van der Waals surface area contributed by atoms with Crippen molar-refractivity contribution in [3.63, 3.8) is 0 Å². The lowest BCUT2D eigenvalue weighted by Gasteiger charge is -2.15. The van der Waals surface area contributed by atoms with Crippen molar-refractivity contribution in [2.45, 2.75) is 19.1 Å². The molecule has 2 atom stereocenters. The minimum atomic E-state index is -0.571. The Bertz CT molecular complexity index is 592. The predicted octanol–water partition coefficient (Wildman–Crippen LogP) is 3.06. The number of aliphatic hydroxyl groups is 1. The number of quaternary nitrogens is 1. The van der Waals surface area contributed by atoms with Crippen molar-refractivity contribution >= 4 is 23.2 Å². The van der Waals surface area contributed by atoms with Gasteiger partial charge in [0.2, 0.25) is 0 Å². The molecular weight excluding hydrogens is 321 g/mol. The van der Waals surface area contributed by atoms with Crippen molar-refractivity contribution in [2.75, 3.05) is 13.2 Å². The Morgan fingerprint density at radius 2 is 1.86 bits per heavy atom. The summed E-state index contributed by atoms with van der Waals surface area (Å²) in [6, 6.07) is 15.5. The van der Waals surface area contributed by atoms with Crippen LogP contribution in [-0.4, -0.2) is 24.4 Å². The molecule has 22 heavy (non-hydrogen) atoms. The van der Waals surface area contributed by atoms with E-state index < -0.39 is 6.10 Å². The molecule has 0 amide bonds. The first kappa shape index (κ1) is 17.1. The molecule has 2 rings (SSSR count). The van der Waals surface area contributed by atoms with Gasteiger partial charge in [0, 0.05) is 10.6 Å². The Morgan fingerprint density at radius 3 is 2.55 bits per heavy atom. The SMILES string of the molecule is C[C@H]([NH2+]C[C@H](O)COc1ccc(Cl)cc1Cl)c1ccccc1. The van der Waals surface area contributed by atoms with Gasteiger partial charge in [0.1, 0.15) is 31.0 Å². The Labute approximate surface area is 140 Å². The van der Waals surface area contributed by atoms with Gasteiger partial charge in [-0.05, 0) is 25.1 Å². The molecule has 0 aliphatic carbocycles. The normalized spacial score (nSPS) is 13.6. The minimum Gasteiger partial charge on any atom is -0.489 e. The van der Waals surface area contributed by atoms with Crippen LogP contribution >= 0.6 is 23.2 Å². The Hall–Kier alpha value is -1.26. The van der Waals surface area contributed by atoms with Crippen molar-refractivity contribution < 1.29 is 15.2 Å². The van der Waals surface area contributed by atoms with Gasteiger partial charge < -0.3 is 15.2 Å². The molecule has 0 aliphatic rings. The molecule has 0 saturated carbocycles. The van der Waals surface area contributed by atoms with E-state index in [9.17, 15) is 5.11 Å². The summed E-state index contributed by atoms with van der Waals surface area (Å²) in [6.07, 6.45) is -0.571. The third-order valence-electron chi connectivity index (χ3n) is 3.41. The Balaban J connectivity index is 1.77. The van der Waals surface area contributed by atoms with Crippen molar-refractivity contribution in [3.8, 4) is 5.75 Å². The van der Waals surface area contributed by atoms with Gasteiger partial charge in [-0.3, -0.25) is 0 Å². The van der Waals surface area contributed by atoms with Gasteiger partial charge in [-0.15, -0.1) is 0 Å². The first-order valence-corrected chi connectivity index (χ1v) is 7.96. The van der Waals surface area contributed by atoms with Gasteiger partial charge in [0.15, 0.2) is 0 Å². The van der Waals surface area contributed by atoms with Crippen LogP contribution in [0.4, 0.5) is 0 Å². The van der Waals surface area contributed by atoms with Crippen molar-refractivity contribution in [2.24, 2.45) is 0 Å². The van der Waals surface area contributed by atoms with Crippen molar-refractivity contribution in [1.29, 1.82) is 0 Å². The number of benzene rings is 2. The Morgan fingerprint density at radius 1 is 1.14 bits per heavy atom. The first-order chi connectivity index (χ1) is 10.6. The molecule has 0 aromatic heterocycles. The molecule has 3 N–H and O–H groups in total. The molecule has 118 valence electrons. The predicted molar refractivity (Wildman–Crippen MR) is 89.6 cm³/mol. The average molecular weight is 341 g/mol. The van der Waals surface area contributed by atoms with E-state index in [-0.39, 0.29) is 12.6 Å². The second kappa shape index (κ2) is 8.39. The molecular formula is C17H20Cl2NO2+. The summed E-state index contributed by atoms with van der Waals surface area (Å²) < 4.78 is 5.53. The van der Waals surface area contributed by atoms with Gasteiger partial charge in [-0.1, -0.05) is 53.5 Å². The summed E-state index contributed by atoms with van der Waals surface area (Å²) in [6.45, 7) is 2.86. The second-order valence-corrected chi connectivity index (χ2v) is 6.05. The number of aliphatic hydroxyl groups excluding tert-OH is 1. The molecule has 0 bridgehead atoms. The fourth-order valence-electron chi connectivity index (χ4n) is 2.10. The third kappa shape index (κ3) is 5.18. The van der Waals surface area contributed by atoms with Crippen LogP contribution in [0.25, 0.3) is 0 Å². The number of nitrogens with two attached hydrogens (primary N) is 1. The summed E-state index contributed by atoms with van der Waals surface area (Å²) in [7, 11) is 0. The van der Waals surface area contributed by atoms with Crippen LogP contribution in [0.3, 0.4) is 0 Å². The first-order valence-electron chi connectivity index (χ1n) is 7.20. The van der Waals surface area contributed by atoms with Crippen LogP contribution in [0.2, 0.25) is 10.0 Å². The van der Waals surface area contributed by atoms with Crippen LogP contribution in [0, 0.1) is 0 Å². The van der Waals surface area contributed by atoms with E-state index >= 15 is 0 Å². The number of hydrogen-bond donors (Lipinski definition) is 2. The zero-order chi connectivity index (χ0) is 15.9. The highest BCUT2D eigenvalue weighted by atomic mass is 35.5. The van der Waals surface area contributed by atoms with E-state index in [1.54, 1.807) is 18.2 Å². The zero-order valence-corrected chi connectivity index (χ0v) is 13.9. The number of halogens is 2. The molecule has 0 heterocycles. The van der Waals surface area contributed by atoms with E-state index in [1.165, 1.54) is 5.56 Å². The molecule has 0 unspecified atom stereocenters. The maximum atomic E-state index is 10.0. The molecule has 3 nitrogen and oxygen atoms in total. The molecule has 5 heteroatoms. The minimum absolute atomic E-state index is 0.194. The molecule has 0 aliphatic heterocycles. The topological polar surface area (TPSA) is 46.1 Å². The lowest BCUT2D eigenvalue weighted by molar-refractivity contribution is -0.698. The largest absolute Gasteiger partial charge is 0.489 e. The highest BCUT2D eigenvalue weighted by Crippen LogP contribution is 2.27. The third-order valence-corrected chi connectivity index (χ3v) is 3.94. The fourth-order valence-corrected chi connectivity index (χ4v) is 2.56. The molecule has 0 spiro atoms. The molecule has 2 aromatic carbocycles. The maximum Gasteiger partial charge on any atom is 0.138 e. The maximum absolute atomic E-state index is 10.0. The standard InChI is InChI=1S/C17H19Cl2NO2/c1-12(13-5-3-2-4-6-13)20-10-15(21)11-22-17-8-7-14(18)9-16(17)19/h2-9,12,15,20-21H,10-11H2,1H3/p+1/t12-,15-/m0/s1. The molecule has 0 saturated heterocycles. The highest BCUT2D eigenvalue weighted by Gasteiger charge is 2.13.